The summed E-state index contributed by atoms with van der Waals surface area (Å²) in [5, 5.41) is 6.45. The molecule has 4 nitrogen and oxygen atoms in total. The van der Waals surface area contributed by atoms with Crippen LogP contribution >= 0.6 is 12.4 Å². The van der Waals surface area contributed by atoms with Crippen LogP contribution in [0.15, 0.2) is 30.3 Å². The van der Waals surface area contributed by atoms with Gasteiger partial charge in [0.2, 0.25) is 5.91 Å². The molecule has 1 aliphatic heterocycles. The van der Waals surface area contributed by atoms with E-state index in [2.05, 4.69) is 34.6 Å². The summed E-state index contributed by atoms with van der Waals surface area (Å²) in [5.74, 6) is 0.150. The fourth-order valence-corrected chi connectivity index (χ4v) is 2.82. The Morgan fingerprint density at radius 2 is 1.95 bits per heavy atom. The number of piperazine rings is 1. The van der Waals surface area contributed by atoms with Gasteiger partial charge in [-0.3, -0.25) is 9.69 Å². The largest absolute Gasteiger partial charge is 0.354 e. The molecule has 1 atom stereocenters. The highest BCUT2D eigenvalue weighted by Crippen LogP contribution is 2.21. The normalized spacial score (nSPS) is 16.6. The lowest BCUT2D eigenvalue weighted by Crippen LogP contribution is -2.46. The lowest BCUT2D eigenvalue weighted by Gasteiger charge is -2.27. The number of amides is 1. The minimum Gasteiger partial charge on any atom is -0.354 e. The second-order valence-electron chi connectivity index (χ2n) is 5.63. The highest BCUT2D eigenvalue weighted by molar-refractivity contribution is 5.85. The fourth-order valence-electron chi connectivity index (χ4n) is 2.82. The number of benzene rings is 1. The van der Waals surface area contributed by atoms with E-state index in [-0.39, 0.29) is 24.2 Å². The quantitative estimate of drug-likeness (QED) is 0.806. The van der Waals surface area contributed by atoms with E-state index in [9.17, 15) is 4.79 Å². The Balaban J connectivity index is 0.00000242. The molecule has 1 unspecified atom stereocenters. The van der Waals surface area contributed by atoms with Gasteiger partial charge < -0.3 is 10.6 Å². The Labute approximate surface area is 140 Å². The van der Waals surface area contributed by atoms with Crippen LogP contribution in [0.1, 0.15) is 31.2 Å². The zero-order valence-corrected chi connectivity index (χ0v) is 14.2. The van der Waals surface area contributed by atoms with Gasteiger partial charge in [0, 0.05) is 39.3 Å². The van der Waals surface area contributed by atoms with Crippen LogP contribution < -0.4 is 10.6 Å². The van der Waals surface area contributed by atoms with Crippen molar-refractivity contribution in [2.75, 3.05) is 39.3 Å². The minimum atomic E-state index is -0.0146. The lowest BCUT2D eigenvalue weighted by atomic mass is 9.94. The third-order valence-electron chi connectivity index (χ3n) is 4.03. The summed E-state index contributed by atoms with van der Waals surface area (Å²) in [6, 6.07) is 10.1. The van der Waals surface area contributed by atoms with Crippen LogP contribution in [-0.4, -0.2) is 50.1 Å². The zero-order chi connectivity index (χ0) is 14.9. The summed E-state index contributed by atoms with van der Waals surface area (Å²) >= 11 is 0. The number of nitrogens with one attached hydrogen (secondary N) is 2. The average Bonchev–Trinajstić information content (AvgIpc) is 2.54. The third kappa shape index (κ3) is 5.95. The molecule has 0 saturated carbocycles. The van der Waals surface area contributed by atoms with E-state index < -0.39 is 0 Å². The molecule has 0 spiro atoms. The molecule has 0 aliphatic carbocycles. The predicted octanol–water partition coefficient (Wildman–Crippen LogP) is 2.01. The molecule has 2 N–H and O–H groups in total. The summed E-state index contributed by atoms with van der Waals surface area (Å²) in [7, 11) is 0. The van der Waals surface area contributed by atoms with Crippen molar-refractivity contribution in [1.82, 2.24) is 15.5 Å². The van der Waals surface area contributed by atoms with Gasteiger partial charge in [0.25, 0.3) is 0 Å². The molecule has 0 aromatic heterocycles. The zero-order valence-electron chi connectivity index (χ0n) is 13.4. The lowest BCUT2D eigenvalue weighted by molar-refractivity contribution is -0.122. The Bertz CT molecular complexity index is 421. The van der Waals surface area contributed by atoms with E-state index in [1.54, 1.807) is 0 Å². The topological polar surface area (TPSA) is 44.4 Å². The molecule has 1 aromatic rings. The maximum atomic E-state index is 12.4. The molecule has 1 aliphatic rings. The predicted molar refractivity (Wildman–Crippen MR) is 93.7 cm³/mol. The Morgan fingerprint density at radius 3 is 2.59 bits per heavy atom. The van der Waals surface area contributed by atoms with E-state index in [0.717, 1.165) is 57.7 Å². The van der Waals surface area contributed by atoms with Crippen LogP contribution in [0.5, 0.6) is 0 Å². The van der Waals surface area contributed by atoms with Gasteiger partial charge in [0.1, 0.15) is 0 Å². The maximum Gasteiger partial charge on any atom is 0.227 e. The molecular weight excluding hydrogens is 298 g/mol. The summed E-state index contributed by atoms with van der Waals surface area (Å²) in [4.78, 5) is 14.8. The summed E-state index contributed by atoms with van der Waals surface area (Å²) < 4.78 is 0. The van der Waals surface area contributed by atoms with Crippen molar-refractivity contribution in [2.24, 2.45) is 0 Å². The molecule has 0 bridgehead atoms. The first-order valence-electron chi connectivity index (χ1n) is 8.07. The Hall–Kier alpha value is -1.10. The van der Waals surface area contributed by atoms with Crippen molar-refractivity contribution in [1.29, 1.82) is 0 Å². The highest BCUT2D eigenvalue weighted by atomic mass is 35.5. The number of carbonyl (C=O) groups excluding carboxylic acids is 1. The van der Waals surface area contributed by atoms with Crippen LogP contribution in [0.2, 0.25) is 0 Å². The molecule has 1 aromatic carbocycles. The summed E-state index contributed by atoms with van der Waals surface area (Å²) in [5.41, 5.74) is 1.12. The molecule has 1 fully saturated rings. The molecule has 2 rings (SSSR count). The number of rotatable bonds is 7. The van der Waals surface area contributed by atoms with E-state index in [0.29, 0.717) is 0 Å². The SMILES string of the molecule is CCCC(C(=O)NCCN1CCNCC1)c1ccccc1.Cl. The fraction of sp³-hybridized carbons (Fsp3) is 0.588. The van der Waals surface area contributed by atoms with Crippen molar-refractivity contribution in [3.63, 3.8) is 0 Å². The standard InChI is InChI=1S/C17H27N3O.ClH/c1-2-6-16(15-7-4-3-5-8-15)17(21)19-11-14-20-12-9-18-10-13-20;/h3-5,7-8,16,18H,2,6,9-14H2,1H3,(H,19,21);1H. The van der Waals surface area contributed by atoms with Gasteiger partial charge in [0.05, 0.1) is 5.92 Å². The first-order valence-corrected chi connectivity index (χ1v) is 8.07. The van der Waals surface area contributed by atoms with Gasteiger partial charge in [-0.2, -0.15) is 0 Å². The van der Waals surface area contributed by atoms with Crippen molar-refractivity contribution in [2.45, 2.75) is 25.7 Å². The van der Waals surface area contributed by atoms with Crippen molar-refractivity contribution in [3.8, 4) is 0 Å². The monoisotopic (exact) mass is 325 g/mol. The molecule has 1 saturated heterocycles. The number of hydrogen-bond acceptors (Lipinski definition) is 3. The summed E-state index contributed by atoms with van der Waals surface area (Å²) in [6.07, 6.45) is 1.92. The van der Waals surface area contributed by atoms with Crippen LogP contribution in [0.4, 0.5) is 0 Å². The van der Waals surface area contributed by atoms with E-state index >= 15 is 0 Å². The van der Waals surface area contributed by atoms with Crippen molar-refractivity contribution < 1.29 is 4.79 Å². The van der Waals surface area contributed by atoms with E-state index in [1.165, 1.54) is 0 Å². The maximum absolute atomic E-state index is 12.4. The van der Waals surface area contributed by atoms with Gasteiger partial charge in [-0.15, -0.1) is 12.4 Å². The van der Waals surface area contributed by atoms with Crippen LogP contribution in [-0.2, 0) is 4.79 Å². The van der Waals surface area contributed by atoms with Gasteiger partial charge >= 0.3 is 0 Å². The Morgan fingerprint density at radius 1 is 1.27 bits per heavy atom. The van der Waals surface area contributed by atoms with E-state index in [1.807, 2.05) is 18.2 Å². The number of hydrogen-bond donors (Lipinski definition) is 2. The van der Waals surface area contributed by atoms with Crippen molar-refractivity contribution >= 4 is 18.3 Å². The van der Waals surface area contributed by atoms with Gasteiger partial charge in [0.15, 0.2) is 0 Å². The Kier molecular flexibility index (Phi) is 9.13. The number of halogens is 1. The second-order valence-corrected chi connectivity index (χ2v) is 5.63. The first kappa shape index (κ1) is 18.9. The molecule has 124 valence electrons. The van der Waals surface area contributed by atoms with Crippen LogP contribution in [0.25, 0.3) is 0 Å². The van der Waals surface area contributed by atoms with Gasteiger partial charge in [-0.25, -0.2) is 0 Å². The third-order valence-corrected chi connectivity index (χ3v) is 4.03. The molecular formula is C17H28ClN3O. The average molecular weight is 326 g/mol. The van der Waals surface area contributed by atoms with Crippen LogP contribution in [0, 0.1) is 0 Å². The molecule has 22 heavy (non-hydrogen) atoms. The molecule has 5 heteroatoms. The second kappa shape index (κ2) is 10.6. The van der Waals surface area contributed by atoms with Gasteiger partial charge in [-0.1, -0.05) is 43.7 Å². The molecule has 0 radical (unpaired) electrons. The summed E-state index contributed by atoms with van der Waals surface area (Å²) in [6.45, 7) is 8.07. The van der Waals surface area contributed by atoms with Crippen molar-refractivity contribution in [3.05, 3.63) is 35.9 Å². The van der Waals surface area contributed by atoms with Crippen LogP contribution in [0.3, 0.4) is 0 Å². The highest BCUT2D eigenvalue weighted by Gasteiger charge is 2.19. The number of carbonyl (C=O) groups is 1. The minimum absolute atomic E-state index is 0. The number of nitrogens with zero attached hydrogens (tertiary/aromatic N) is 1. The molecule has 1 heterocycles. The smallest absolute Gasteiger partial charge is 0.227 e. The van der Waals surface area contributed by atoms with E-state index in [4.69, 9.17) is 0 Å². The van der Waals surface area contributed by atoms with Gasteiger partial charge in [-0.05, 0) is 12.0 Å². The molecule has 1 amide bonds. The first-order chi connectivity index (χ1) is 10.3.